The predicted octanol–water partition coefficient (Wildman–Crippen LogP) is 3.09. The molecule has 1 aromatic rings. The van der Waals surface area contributed by atoms with Gasteiger partial charge >= 0.3 is 0 Å². The van der Waals surface area contributed by atoms with Crippen LogP contribution in [0.3, 0.4) is 0 Å². The van der Waals surface area contributed by atoms with Gasteiger partial charge in [-0.2, -0.15) is 11.8 Å². The van der Waals surface area contributed by atoms with E-state index in [-0.39, 0.29) is 10.7 Å². The highest BCUT2D eigenvalue weighted by Gasteiger charge is 2.27. The average Bonchev–Trinajstić information content (AvgIpc) is 2.59. The number of thioether (sulfide) groups is 1. The molecule has 1 heterocycles. The van der Waals surface area contributed by atoms with Gasteiger partial charge in [-0.25, -0.2) is 0 Å². The standard InChI is InChI=1S/C15H22N2OS/c1-15(2)8-9-17(10-11-19-15)14(18)12-6-4-5-7-13(12)16-3/h4-7,16H,8-11H2,1-3H3. The third-order valence-electron chi connectivity index (χ3n) is 3.55. The van der Waals surface area contributed by atoms with Gasteiger partial charge in [0, 0.05) is 36.3 Å². The third-order valence-corrected chi connectivity index (χ3v) is 4.92. The highest BCUT2D eigenvalue weighted by atomic mass is 32.2. The van der Waals surface area contributed by atoms with Gasteiger partial charge in [0.25, 0.3) is 5.91 Å². The molecule has 0 atom stereocenters. The second-order valence-electron chi connectivity index (χ2n) is 5.45. The number of para-hydroxylation sites is 1. The summed E-state index contributed by atoms with van der Waals surface area (Å²) >= 11 is 1.96. The molecule has 1 aromatic carbocycles. The van der Waals surface area contributed by atoms with Gasteiger partial charge in [0.05, 0.1) is 5.56 Å². The van der Waals surface area contributed by atoms with E-state index in [2.05, 4.69) is 19.2 Å². The molecule has 104 valence electrons. The number of hydrogen-bond acceptors (Lipinski definition) is 3. The maximum absolute atomic E-state index is 12.6. The summed E-state index contributed by atoms with van der Waals surface area (Å²) in [6, 6.07) is 7.72. The number of anilines is 1. The van der Waals surface area contributed by atoms with E-state index in [9.17, 15) is 4.79 Å². The van der Waals surface area contributed by atoms with Gasteiger partial charge in [-0.1, -0.05) is 26.0 Å². The third kappa shape index (κ3) is 3.44. The van der Waals surface area contributed by atoms with E-state index < -0.39 is 0 Å². The van der Waals surface area contributed by atoms with Crippen molar-refractivity contribution in [3.05, 3.63) is 29.8 Å². The lowest BCUT2D eigenvalue weighted by Crippen LogP contribution is -2.34. The van der Waals surface area contributed by atoms with Crippen LogP contribution in [-0.2, 0) is 0 Å². The monoisotopic (exact) mass is 278 g/mol. The van der Waals surface area contributed by atoms with Crippen molar-refractivity contribution in [3.63, 3.8) is 0 Å². The Hall–Kier alpha value is -1.16. The minimum Gasteiger partial charge on any atom is -0.387 e. The Morgan fingerprint density at radius 3 is 2.79 bits per heavy atom. The summed E-state index contributed by atoms with van der Waals surface area (Å²) in [5.74, 6) is 1.16. The fourth-order valence-corrected chi connectivity index (χ4v) is 3.38. The molecule has 4 heteroatoms. The molecule has 19 heavy (non-hydrogen) atoms. The van der Waals surface area contributed by atoms with Crippen molar-refractivity contribution in [1.82, 2.24) is 4.90 Å². The van der Waals surface area contributed by atoms with Crippen LogP contribution in [0.15, 0.2) is 24.3 Å². The molecule has 0 radical (unpaired) electrons. The molecule has 1 saturated heterocycles. The van der Waals surface area contributed by atoms with Crippen LogP contribution in [-0.4, -0.2) is 41.4 Å². The number of rotatable bonds is 2. The number of carbonyl (C=O) groups is 1. The molecule has 1 amide bonds. The van der Waals surface area contributed by atoms with Crippen LogP contribution in [0.25, 0.3) is 0 Å². The van der Waals surface area contributed by atoms with E-state index in [1.165, 1.54) is 0 Å². The zero-order valence-electron chi connectivity index (χ0n) is 11.9. The lowest BCUT2D eigenvalue weighted by Gasteiger charge is -2.23. The number of hydrogen-bond donors (Lipinski definition) is 1. The zero-order valence-corrected chi connectivity index (χ0v) is 12.7. The quantitative estimate of drug-likeness (QED) is 0.902. The van der Waals surface area contributed by atoms with E-state index in [0.29, 0.717) is 0 Å². The van der Waals surface area contributed by atoms with Crippen LogP contribution in [0.2, 0.25) is 0 Å². The van der Waals surface area contributed by atoms with Crippen LogP contribution in [0, 0.1) is 0 Å². The first kappa shape index (κ1) is 14.3. The Morgan fingerprint density at radius 1 is 1.32 bits per heavy atom. The normalized spacial score (nSPS) is 18.8. The molecule has 1 fully saturated rings. The van der Waals surface area contributed by atoms with Crippen molar-refractivity contribution in [2.75, 3.05) is 31.2 Å². The van der Waals surface area contributed by atoms with Crippen LogP contribution in [0.1, 0.15) is 30.6 Å². The number of nitrogens with zero attached hydrogens (tertiary/aromatic N) is 1. The van der Waals surface area contributed by atoms with Crippen molar-refractivity contribution in [3.8, 4) is 0 Å². The first-order chi connectivity index (χ1) is 9.03. The first-order valence-electron chi connectivity index (χ1n) is 6.73. The Balaban J connectivity index is 2.15. The van der Waals surface area contributed by atoms with E-state index in [1.807, 2.05) is 48.0 Å². The second-order valence-corrected chi connectivity index (χ2v) is 7.25. The molecule has 1 aliphatic heterocycles. The molecule has 0 aliphatic carbocycles. The largest absolute Gasteiger partial charge is 0.387 e. The molecule has 1 N–H and O–H groups in total. The highest BCUT2D eigenvalue weighted by molar-refractivity contribution is 8.00. The summed E-state index contributed by atoms with van der Waals surface area (Å²) in [7, 11) is 1.85. The van der Waals surface area contributed by atoms with Gasteiger partial charge in [-0.3, -0.25) is 4.79 Å². The fourth-order valence-electron chi connectivity index (χ4n) is 2.28. The van der Waals surface area contributed by atoms with Gasteiger partial charge in [-0.05, 0) is 18.6 Å². The zero-order chi connectivity index (χ0) is 13.9. The summed E-state index contributed by atoms with van der Waals surface area (Å²) in [6.45, 7) is 6.20. The topological polar surface area (TPSA) is 32.3 Å². The Kier molecular flexibility index (Phi) is 4.40. The van der Waals surface area contributed by atoms with Crippen LogP contribution in [0.5, 0.6) is 0 Å². The van der Waals surface area contributed by atoms with Crippen LogP contribution < -0.4 is 5.32 Å². The lowest BCUT2D eigenvalue weighted by molar-refractivity contribution is 0.0765. The number of nitrogens with one attached hydrogen (secondary N) is 1. The molecule has 0 unspecified atom stereocenters. The van der Waals surface area contributed by atoms with E-state index in [0.717, 1.165) is 36.5 Å². The SMILES string of the molecule is CNc1ccccc1C(=O)N1CCSC(C)(C)CC1. The summed E-state index contributed by atoms with van der Waals surface area (Å²) in [5.41, 5.74) is 1.68. The fraction of sp³-hybridized carbons (Fsp3) is 0.533. The summed E-state index contributed by atoms with van der Waals surface area (Å²) < 4.78 is 0.275. The second kappa shape index (κ2) is 5.87. The van der Waals surface area contributed by atoms with Gasteiger partial charge < -0.3 is 10.2 Å². The Morgan fingerprint density at radius 2 is 2.05 bits per heavy atom. The molecule has 2 rings (SSSR count). The smallest absolute Gasteiger partial charge is 0.255 e. The average molecular weight is 278 g/mol. The molecule has 1 aliphatic rings. The molecule has 3 nitrogen and oxygen atoms in total. The molecule has 0 bridgehead atoms. The Bertz CT molecular complexity index is 459. The number of carbonyl (C=O) groups excluding carboxylic acids is 1. The summed E-state index contributed by atoms with van der Waals surface area (Å²) in [4.78, 5) is 14.6. The number of amides is 1. The van der Waals surface area contributed by atoms with Gasteiger partial charge in [-0.15, -0.1) is 0 Å². The van der Waals surface area contributed by atoms with Gasteiger partial charge in [0.2, 0.25) is 0 Å². The molecule has 0 saturated carbocycles. The predicted molar refractivity (Wildman–Crippen MR) is 83.0 cm³/mol. The van der Waals surface area contributed by atoms with Crippen molar-refractivity contribution >= 4 is 23.4 Å². The van der Waals surface area contributed by atoms with Crippen molar-refractivity contribution in [2.45, 2.75) is 25.0 Å². The van der Waals surface area contributed by atoms with Crippen molar-refractivity contribution in [1.29, 1.82) is 0 Å². The summed E-state index contributed by atoms with van der Waals surface area (Å²) in [5, 5.41) is 3.09. The van der Waals surface area contributed by atoms with E-state index in [1.54, 1.807) is 0 Å². The van der Waals surface area contributed by atoms with Crippen molar-refractivity contribution < 1.29 is 4.79 Å². The summed E-state index contributed by atoms with van der Waals surface area (Å²) in [6.07, 6.45) is 1.05. The maximum Gasteiger partial charge on any atom is 0.255 e. The molecular formula is C15H22N2OS. The maximum atomic E-state index is 12.6. The Labute approximate surface area is 119 Å². The van der Waals surface area contributed by atoms with Crippen molar-refractivity contribution in [2.24, 2.45) is 0 Å². The molecular weight excluding hydrogens is 256 g/mol. The van der Waals surface area contributed by atoms with E-state index >= 15 is 0 Å². The van der Waals surface area contributed by atoms with Gasteiger partial charge in [0.1, 0.15) is 0 Å². The minimum absolute atomic E-state index is 0.142. The molecule has 0 aromatic heterocycles. The van der Waals surface area contributed by atoms with Gasteiger partial charge in [0.15, 0.2) is 0 Å². The highest BCUT2D eigenvalue weighted by Crippen LogP contribution is 2.31. The van der Waals surface area contributed by atoms with Crippen LogP contribution >= 0.6 is 11.8 Å². The van der Waals surface area contributed by atoms with E-state index in [4.69, 9.17) is 0 Å². The van der Waals surface area contributed by atoms with Crippen LogP contribution in [0.4, 0.5) is 5.69 Å². The number of benzene rings is 1. The minimum atomic E-state index is 0.142. The first-order valence-corrected chi connectivity index (χ1v) is 7.72. The lowest BCUT2D eigenvalue weighted by atomic mass is 10.1. The molecule has 0 spiro atoms.